The van der Waals surface area contributed by atoms with E-state index < -0.39 is 0 Å². The van der Waals surface area contributed by atoms with Gasteiger partial charge < -0.3 is 10.0 Å². The van der Waals surface area contributed by atoms with Gasteiger partial charge in [0.1, 0.15) is 0 Å². The Kier molecular flexibility index (Phi) is 2.89. The summed E-state index contributed by atoms with van der Waals surface area (Å²) in [6.07, 6.45) is 4.53. The van der Waals surface area contributed by atoms with Crippen molar-refractivity contribution in [2.75, 3.05) is 26.7 Å². The monoisotopic (exact) mass is 193 g/mol. The van der Waals surface area contributed by atoms with Crippen LogP contribution in [0.15, 0.2) is 0 Å². The molecule has 0 aromatic carbocycles. The maximum atomic E-state index is 8.91. The first kappa shape index (κ1) is 10.5. The van der Waals surface area contributed by atoms with Crippen LogP contribution in [-0.4, -0.2) is 44.6 Å². The lowest BCUT2D eigenvalue weighted by Gasteiger charge is -2.30. The van der Waals surface area contributed by atoms with Crippen LogP contribution < -0.4 is 0 Å². The molecule has 2 radical (unpaired) electrons. The third-order valence-corrected chi connectivity index (χ3v) is 4.09. The highest BCUT2D eigenvalue weighted by molar-refractivity contribution is 6.17. The van der Waals surface area contributed by atoms with Gasteiger partial charge in [0.15, 0.2) is 0 Å². The number of likely N-dealkylation sites (tertiary alicyclic amines) is 1. The first-order valence-corrected chi connectivity index (χ1v) is 5.74. The molecule has 0 spiro atoms. The molecule has 3 heteroatoms. The smallest absolute Gasteiger partial charge is 0.0751 e. The van der Waals surface area contributed by atoms with Crippen molar-refractivity contribution >= 4 is 7.85 Å². The quantitative estimate of drug-likeness (QED) is 0.677. The number of hydrogen-bond donors (Lipinski definition) is 1. The summed E-state index contributed by atoms with van der Waals surface area (Å²) in [7, 11) is 8.38. The Morgan fingerprint density at radius 2 is 2.07 bits per heavy atom. The molecule has 2 rings (SSSR count). The Morgan fingerprint density at radius 3 is 2.64 bits per heavy atom. The van der Waals surface area contributed by atoms with Crippen molar-refractivity contribution in [2.24, 2.45) is 11.8 Å². The molecule has 2 fully saturated rings. The van der Waals surface area contributed by atoms with E-state index >= 15 is 0 Å². The lowest BCUT2D eigenvalue weighted by atomic mass is 9.74. The second-order valence-corrected chi connectivity index (χ2v) is 5.16. The van der Waals surface area contributed by atoms with Crippen LogP contribution in [0.5, 0.6) is 0 Å². The maximum Gasteiger partial charge on any atom is 0.0751 e. The van der Waals surface area contributed by atoms with Gasteiger partial charge in [-0.25, -0.2) is 0 Å². The Hall–Kier alpha value is -0.0151. The van der Waals surface area contributed by atoms with Crippen molar-refractivity contribution in [3.63, 3.8) is 0 Å². The van der Waals surface area contributed by atoms with Gasteiger partial charge in [0, 0.05) is 6.61 Å². The van der Waals surface area contributed by atoms with Crippen LogP contribution in [0.25, 0.3) is 0 Å². The molecule has 0 amide bonds. The van der Waals surface area contributed by atoms with Crippen LogP contribution in [0.4, 0.5) is 0 Å². The van der Waals surface area contributed by atoms with Crippen molar-refractivity contribution in [1.29, 1.82) is 0 Å². The van der Waals surface area contributed by atoms with Crippen LogP contribution in [0, 0.1) is 11.8 Å². The molecule has 78 valence electrons. The first-order chi connectivity index (χ1) is 6.65. The molecule has 1 aliphatic heterocycles. The largest absolute Gasteiger partial charge is 0.396 e. The van der Waals surface area contributed by atoms with Crippen LogP contribution in [0.3, 0.4) is 0 Å². The molecule has 1 aliphatic carbocycles. The molecule has 2 nitrogen and oxygen atoms in total. The SMILES string of the molecule is [B]C1(CCO)CC1C1CCN(C)CC1. The summed E-state index contributed by atoms with van der Waals surface area (Å²) >= 11 is 0. The number of aliphatic hydroxyl groups excluding tert-OH is 1. The van der Waals surface area contributed by atoms with E-state index in [4.69, 9.17) is 13.0 Å². The normalized spacial score (nSPS) is 40.0. The molecule has 0 aromatic rings. The third kappa shape index (κ3) is 1.99. The number of rotatable bonds is 3. The van der Waals surface area contributed by atoms with E-state index in [9.17, 15) is 0 Å². The van der Waals surface area contributed by atoms with Gasteiger partial charge in [-0.1, -0.05) is 11.7 Å². The average Bonchev–Trinajstić information content (AvgIpc) is 2.80. The summed E-state index contributed by atoms with van der Waals surface area (Å²) in [6, 6.07) is 0. The highest BCUT2D eigenvalue weighted by Crippen LogP contribution is 2.64. The van der Waals surface area contributed by atoms with Crippen molar-refractivity contribution in [3.05, 3.63) is 0 Å². The summed E-state index contributed by atoms with van der Waals surface area (Å²) in [5.41, 5.74) is 0. The Balaban J connectivity index is 1.81. The summed E-state index contributed by atoms with van der Waals surface area (Å²) in [6.45, 7) is 2.69. The van der Waals surface area contributed by atoms with Gasteiger partial charge in [-0.3, -0.25) is 0 Å². The predicted molar refractivity (Wildman–Crippen MR) is 58.5 cm³/mol. The van der Waals surface area contributed by atoms with Gasteiger partial charge in [0.2, 0.25) is 0 Å². The third-order valence-electron chi connectivity index (χ3n) is 4.09. The fourth-order valence-electron chi connectivity index (χ4n) is 2.91. The highest BCUT2D eigenvalue weighted by Gasteiger charge is 2.52. The molecule has 2 atom stereocenters. The summed E-state index contributed by atoms with van der Waals surface area (Å²) in [5, 5.41) is 8.91. The standard InChI is InChI=1S/C11H20BNO/c1-13-5-2-9(3-6-13)10-8-11(10,12)4-7-14/h9-10,14H,2-8H2,1H3. The number of piperidine rings is 1. The number of nitrogens with zero attached hydrogens (tertiary/aromatic N) is 1. The highest BCUT2D eigenvalue weighted by atomic mass is 16.3. The molecule has 1 N–H and O–H groups in total. The van der Waals surface area contributed by atoms with Crippen LogP contribution in [0.2, 0.25) is 5.31 Å². The van der Waals surface area contributed by atoms with E-state index in [2.05, 4.69) is 11.9 Å². The minimum absolute atomic E-state index is 0.00463. The topological polar surface area (TPSA) is 23.5 Å². The fourth-order valence-corrected chi connectivity index (χ4v) is 2.91. The molecule has 1 saturated carbocycles. The molecule has 0 bridgehead atoms. The lowest BCUT2D eigenvalue weighted by Crippen LogP contribution is -2.31. The zero-order valence-electron chi connectivity index (χ0n) is 9.08. The van der Waals surface area contributed by atoms with Gasteiger partial charge in [-0.05, 0) is 51.2 Å². The van der Waals surface area contributed by atoms with Gasteiger partial charge in [0.05, 0.1) is 7.85 Å². The molecule has 2 unspecified atom stereocenters. The zero-order chi connectivity index (χ0) is 10.2. The Bertz CT molecular complexity index is 203. The summed E-state index contributed by atoms with van der Waals surface area (Å²) in [5.74, 6) is 1.52. The molecule has 1 saturated heterocycles. The summed E-state index contributed by atoms with van der Waals surface area (Å²) in [4.78, 5) is 2.39. The van der Waals surface area contributed by atoms with Gasteiger partial charge >= 0.3 is 0 Å². The second-order valence-electron chi connectivity index (χ2n) is 5.16. The van der Waals surface area contributed by atoms with Crippen molar-refractivity contribution in [1.82, 2.24) is 4.90 Å². The molecule has 2 aliphatic rings. The van der Waals surface area contributed by atoms with Crippen LogP contribution in [-0.2, 0) is 0 Å². The first-order valence-electron chi connectivity index (χ1n) is 5.74. The van der Waals surface area contributed by atoms with Crippen molar-refractivity contribution in [3.8, 4) is 0 Å². The lowest BCUT2D eigenvalue weighted by molar-refractivity contribution is 0.196. The Morgan fingerprint density at radius 1 is 1.43 bits per heavy atom. The van der Waals surface area contributed by atoms with E-state index in [1.165, 1.54) is 25.9 Å². The van der Waals surface area contributed by atoms with E-state index in [1.807, 2.05) is 0 Å². The maximum absolute atomic E-state index is 8.91. The number of aliphatic hydroxyl groups is 1. The molecule has 14 heavy (non-hydrogen) atoms. The van der Waals surface area contributed by atoms with E-state index in [0.29, 0.717) is 5.92 Å². The van der Waals surface area contributed by atoms with E-state index in [-0.39, 0.29) is 11.9 Å². The number of hydrogen-bond acceptors (Lipinski definition) is 2. The average molecular weight is 193 g/mol. The second kappa shape index (κ2) is 3.86. The van der Waals surface area contributed by atoms with E-state index in [1.54, 1.807) is 0 Å². The van der Waals surface area contributed by atoms with Gasteiger partial charge in [-0.15, -0.1) is 0 Å². The van der Waals surface area contributed by atoms with Crippen molar-refractivity contribution in [2.45, 2.75) is 31.0 Å². The minimum Gasteiger partial charge on any atom is -0.396 e. The molecule has 1 heterocycles. The van der Waals surface area contributed by atoms with Crippen LogP contribution >= 0.6 is 0 Å². The summed E-state index contributed by atoms with van der Waals surface area (Å²) < 4.78 is 0. The zero-order valence-corrected chi connectivity index (χ0v) is 9.08. The molecule has 0 aromatic heterocycles. The van der Waals surface area contributed by atoms with Crippen LogP contribution in [0.1, 0.15) is 25.7 Å². The van der Waals surface area contributed by atoms with Gasteiger partial charge in [-0.2, -0.15) is 0 Å². The Labute approximate surface area is 88.1 Å². The minimum atomic E-state index is -0.00463. The molecular formula is C11H20BNO. The van der Waals surface area contributed by atoms with Crippen molar-refractivity contribution < 1.29 is 5.11 Å². The fraction of sp³-hybridized carbons (Fsp3) is 1.00. The van der Waals surface area contributed by atoms with Gasteiger partial charge in [0.25, 0.3) is 0 Å². The molecular weight excluding hydrogens is 173 g/mol. The van der Waals surface area contributed by atoms with E-state index in [0.717, 1.165) is 18.8 Å². The predicted octanol–water partition coefficient (Wildman–Crippen LogP) is 1.06.